The summed E-state index contributed by atoms with van der Waals surface area (Å²) in [7, 11) is 1.33. The van der Waals surface area contributed by atoms with Crippen LogP contribution in [0.4, 0.5) is 0 Å². The normalized spacial score (nSPS) is 11.5. The van der Waals surface area contributed by atoms with Crippen LogP contribution in [0.3, 0.4) is 0 Å². The van der Waals surface area contributed by atoms with Gasteiger partial charge in [-0.1, -0.05) is 103 Å². The van der Waals surface area contributed by atoms with E-state index >= 15 is 0 Å². The molecule has 4 aromatic rings. The predicted octanol–water partition coefficient (Wildman–Crippen LogP) is 5.30. The average molecular weight is 480 g/mol. The molecule has 0 unspecified atom stereocenters. The molecule has 0 spiro atoms. The summed E-state index contributed by atoms with van der Waals surface area (Å²) < 4.78 is 11.0. The van der Waals surface area contributed by atoms with Crippen LogP contribution in [-0.4, -0.2) is 25.0 Å². The lowest BCUT2D eigenvalue weighted by molar-refractivity contribution is -0.145. The second-order valence-corrected chi connectivity index (χ2v) is 8.46. The zero-order valence-corrected chi connectivity index (χ0v) is 20.2. The Morgan fingerprint density at radius 3 is 1.86 bits per heavy atom. The molecule has 1 amide bonds. The average Bonchev–Trinajstić information content (AvgIpc) is 2.93. The van der Waals surface area contributed by atoms with Gasteiger partial charge >= 0.3 is 5.97 Å². The largest absolute Gasteiger partial charge is 0.489 e. The molecule has 4 rings (SSSR count). The molecular weight excluding hydrogens is 450 g/mol. The van der Waals surface area contributed by atoms with Crippen molar-refractivity contribution < 1.29 is 19.1 Å². The third-order valence-corrected chi connectivity index (χ3v) is 5.92. The first-order valence-corrected chi connectivity index (χ1v) is 11.9. The molecule has 0 heterocycles. The van der Waals surface area contributed by atoms with Crippen LogP contribution in [0, 0.1) is 0 Å². The van der Waals surface area contributed by atoms with Gasteiger partial charge in [-0.05, 0) is 34.4 Å². The van der Waals surface area contributed by atoms with E-state index < -0.39 is 17.9 Å². The zero-order chi connectivity index (χ0) is 25.2. The second kappa shape index (κ2) is 12.4. The third kappa shape index (κ3) is 6.60. The Morgan fingerprint density at radius 2 is 1.28 bits per heavy atom. The Hall–Kier alpha value is -4.38. The predicted molar refractivity (Wildman–Crippen MR) is 140 cm³/mol. The van der Waals surface area contributed by atoms with Crippen LogP contribution in [0.5, 0.6) is 5.75 Å². The monoisotopic (exact) mass is 479 g/mol. The quantitative estimate of drug-likeness (QED) is 0.314. The topological polar surface area (TPSA) is 64.6 Å². The van der Waals surface area contributed by atoms with Crippen molar-refractivity contribution >= 4 is 11.9 Å². The van der Waals surface area contributed by atoms with Gasteiger partial charge in [0.05, 0.1) is 13.0 Å². The number of carbonyl (C=O) groups is 2. The van der Waals surface area contributed by atoms with Gasteiger partial charge in [0.2, 0.25) is 5.91 Å². The number of amides is 1. The van der Waals surface area contributed by atoms with E-state index in [1.807, 2.05) is 115 Å². The molecule has 1 N–H and O–H groups in total. The molecule has 4 aromatic carbocycles. The highest BCUT2D eigenvalue weighted by Crippen LogP contribution is 2.25. The van der Waals surface area contributed by atoms with Gasteiger partial charge in [-0.3, -0.25) is 4.79 Å². The number of methoxy groups -OCH3 is 1. The van der Waals surface area contributed by atoms with E-state index in [1.165, 1.54) is 7.11 Å². The number of rotatable bonds is 10. The van der Waals surface area contributed by atoms with Crippen molar-refractivity contribution in [3.63, 3.8) is 0 Å². The number of carbonyl (C=O) groups excluding carboxylic acids is 2. The van der Waals surface area contributed by atoms with Crippen molar-refractivity contribution in [3.8, 4) is 5.75 Å². The van der Waals surface area contributed by atoms with E-state index in [2.05, 4.69) is 5.32 Å². The third-order valence-electron chi connectivity index (χ3n) is 5.92. The van der Waals surface area contributed by atoms with Crippen molar-refractivity contribution in [2.45, 2.75) is 25.0 Å². The molecule has 0 aliphatic carbocycles. The van der Waals surface area contributed by atoms with Crippen molar-refractivity contribution in [3.05, 3.63) is 138 Å². The molecule has 0 saturated heterocycles. The summed E-state index contributed by atoms with van der Waals surface area (Å²) in [5.74, 6) is -0.629. The molecular formula is C31H29NO4. The molecule has 1 atom stereocenters. The van der Waals surface area contributed by atoms with E-state index in [0.717, 1.165) is 22.3 Å². The molecule has 0 saturated carbocycles. The Bertz CT molecular complexity index is 1220. The number of esters is 1. The van der Waals surface area contributed by atoms with Crippen molar-refractivity contribution in [1.29, 1.82) is 0 Å². The summed E-state index contributed by atoms with van der Waals surface area (Å²) in [6.45, 7) is 0.442. The lowest BCUT2D eigenvalue weighted by Crippen LogP contribution is -2.45. The molecule has 0 fully saturated rings. The molecule has 0 bridgehead atoms. The van der Waals surface area contributed by atoms with Gasteiger partial charge in [0.1, 0.15) is 18.4 Å². The highest BCUT2D eigenvalue weighted by molar-refractivity contribution is 5.91. The maximum atomic E-state index is 13.5. The van der Waals surface area contributed by atoms with Gasteiger partial charge in [-0.15, -0.1) is 0 Å². The fourth-order valence-corrected chi connectivity index (χ4v) is 4.12. The van der Waals surface area contributed by atoms with E-state index in [1.54, 1.807) is 0 Å². The zero-order valence-electron chi connectivity index (χ0n) is 20.2. The minimum Gasteiger partial charge on any atom is -0.489 e. The van der Waals surface area contributed by atoms with E-state index in [4.69, 9.17) is 9.47 Å². The maximum Gasteiger partial charge on any atom is 0.328 e. The highest BCUT2D eigenvalue weighted by atomic mass is 16.5. The molecule has 5 nitrogen and oxygen atoms in total. The Labute approximate surface area is 211 Å². The number of benzene rings is 4. The first-order chi connectivity index (χ1) is 17.6. The SMILES string of the molecule is COC(=O)[C@H](Cc1cccc(OCc2ccccc2)c1)NC(=O)C(c1ccccc1)c1ccccc1. The van der Waals surface area contributed by atoms with Gasteiger partial charge in [-0.25, -0.2) is 4.79 Å². The van der Waals surface area contributed by atoms with Crippen LogP contribution in [0.15, 0.2) is 115 Å². The summed E-state index contributed by atoms with van der Waals surface area (Å²) in [5.41, 5.74) is 3.62. The molecule has 0 aromatic heterocycles. The molecule has 182 valence electrons. The molecule has 0 aliphatic rings. The van der Waals surface area contributed by atoms with Crippen LogP contribution >= 0.6 is 0 Å². The van der Waals surface area contributed by atoms with Crippen LogP contribution < -0.4 is 10.1 Å². The fraction of sp³-hybridized carbons (Fsp3) is 0.161. The molecule has 0 aliphatic heterocycles. The van der Waals surface area contributed by atoms with E-state index in [-0.39, 0.29) is 12.3 Å². The van der Waals surface area contributed by atoms with Crippen molar-refractivity contribution in [2.24, 2.45) is 0 Å². The fourth-order valence-electron chi connectivity index (χ4n) is 4.12. The Balaban J connectivity index is 1.51. The summed E-state index contributed by atoms with van der Waals surface area (Å²) >= 11 is 0. The lowest BCUT2D eigenvalue weighted by atomic mass is 9.90. The summed E-state index contributed by atoms with van der Waals surface area (Å²) in [6, 6.07) is 35.7. The smallest absolute Gasteiger partial charge is 0.328 e. The van der Waals surface area contributed by atoms with Gasteiger partial charge in [0, 0.05) is 6.42 Å². The van der Waals surface area contributed by atoms with Gasteiger partial charge in [0.15, 0.2) is 0 Å². The van der Waals surface area contributed by atoms with E-state index in [0.29, 0.717) is 12.4 Å². The molecule has 0 radical (unpaired) electrons. The standard InChI is InChI=1S/C31H29NO4/c1-35-31(34)28(21-24-14-11-19-27(20-24)36-22-23-12-5-2-6-13-23)32-30(33)29(25-15-7-3-8-16-25)26-17-9-4-10-18-26/h2-20,28-29H,21-22H2,1H3,(H,32,33)/t28-/m0/s1. The van der Waals surface area contributed by atoms with Crippen LogP contribution in [0.1, 0.15) is 28.2 Å². The van der Waals surface area contributed by atoms with Crippen LogP contribution in [-0.2, 0) is 27.4 Å². The number of nitrogens with one attached hydrogen (secondary N) is 1. The summed E-state index contributed by atoms with van der Waals surface area (Å²) in [5, 5.41) is 2.94. The minimum absolute atomic E-state index is 0.265. The van der Waals surface area contributed by atoms with E-state index in [9.17, 15) is 9.59 Å². The number of hydrogen-bond donors (Lipinski definition) is 1. The van der Waals surface area contributed by atoms with Crippen molar-refractivity contribution in [2.75, 3.05) is 7.11 Å². The van der Waals surface area contributed by atoms with Gasteiger partial charge < -0.3 is 14.8 Å². The molecule has 36 heavy (non-hydrogen) atoms. The van der Waals surface area contributed by atoms with Gasteiger partial charge in [0.25, 0.3) is 0 Å². The second-order valence-electron chi connectivity index (χ2n) is 8.46. The summed E-state index contributed by atoms with van der Waals surface area (Å²) in [4.78, 5) is 26.2. The van der Waals surface area contributed by atoms with Gasteiger partial charge in [-0.2, -0.15) is 0 Å². The minimum atomic E-state index is -0.846. The number of hydrogen-bond acceptors (Lipinski definition) is 4. The highest BCUT2D eigenvalue weighted by Gasteiger charge is 2.28. The number of ether oxygens (including phenoxy) is 2. The first kappa shape index (κ1) is 24.7. The maximum absolute atomic E-state index is 13.5. The van der Waals surface area contributed by atoms with Crippen LogP contribution in [0.2, 0.25) is 0 Å². The van der Waals surface area contributed by atoms with Crippen LogP contribution in [0.25, 0.3) is 0 Å². The Kier molecular flexibility index (Phi) is 8.49. The lowest BCUT2D eigenvalue weighted by Gasteiger charge is -2.22. The Morgan fingerprint density at radius 1 is 0.722 bits per heavy atom. The van der Waals surface area contributed by atoms with Crippen molar-refractivity contribution in [1.82, 2.24) is 5.32 Å². The molecule has 5 heteroatoms. The summed E-state index contributed by atoms with van der Waals surface area (Å²) in [6.07, 6.45) is 0.275. The first-order valence-electron chi connectivity index (χ1n) is 11.9.